The van der Waals surface area contributed by atoms with Gasteiger partial charge >= 0.3 is 0 Å². The van der Waals surface area contributed by atoms with Crippen LogP contribution in [0.1, 0.15) is 10.4 Å². The molecule has 1 heterocycles. The van der Waals surface area contributed by atoms with Crippen LogP contribution in [0.25, 0.3) is 33.3 Å². The number of rotatable bonds is 4. The molecule has 156 valence electrons. The Morgan fingerprint density at radius 2 is 1.78 bits per heavy atom. The van der Waals surface area contributed by atoms with Gasteiger partial charge in [0.15, 0.2) is 5.58 Å². The van der Waals surface area contributed by atoms with E-state index in [1.807, 2.05) is 42.5 Å². The zero-order valence-electron chi connectivity index (χ0n) is 16.4. The summed E-state index contributed by atoms with van der Waals surface area (Å²) in [4.78, 5) is 27.6. The second-order valence-corrected chi connectivity index (χ2v) is 7.55. The maximum absolute atomic E-state index is 12.6. The Hall–Kier alpha value is -4.23. The number of carbonyl (C=O) groups is 1. The number of oxazole rings is 1. The van der Waals surface area contributed by atoms with Crippen molar-refractivity contribution in [3.63, 3.8) is 0 Å². The number of anilines is 1. The first-order valence-corrected chi connectivity index (χ1v) is 10.0. The van der Waals surface area contributed by atoms with Crippen LogP contribution in [-0.2, 0) is 0 Å². The van der Waals surface area contributed by atoms with Crippen LogP contribution < -0.4 is 5.32 Å². The zero-order valence-corrected chi connectivity index (χ0v) is 17.2. The quantitative estimate of drug-likeness (QED) is 0.254. The first-order chi connectivity index (χ1) is 15.5. The molecule has 0 spiro atoms. The van der Waals surface area contributed by atoms with Crippen molar-refractivity contribution in [3.8, 4) is 11.5 Å². The van der Waals surface area contributed by atoms with E-state index in [1.165, 1.54) is 12.1 Å². The molecule has 0 saturated heterocycles. The van der Waals surface area contributed by atoms with Gasteiger partial charge in [-0.15, -0.1) is 0 Å². The molecule has 0 fully saturated rings. The van der Waals surface area contributed by atoms with Crippen LogP contribution in [-0.4, -0.2) is 15.8 Å². The van der Waals surface area contributed by atoms with Gasteiger partial charge in [-0.05, 0) is 53.2 Å². The molecule has 0 aliphatic carbocycles. The van der Waals surface area contributed by atoms with Crippen LogP contribution in [0.15, 0.2) is 83.3 Å². The lowest BCUT2D eigenvalue weighted by molar-refractivity contribution is -0.384. The molecule has 5 rings (SSSR count). The van der Waals surface area contributed by atoms with E-state index < -0.39 is 10.8 Å². The van der Waals surface area contributed by atoms with Crippen LogP contribution in [0.4, 0.5) is 11.4 Å². The molecule has 0 aliphatic heterocycles. The van der Waals surface area contributed by atoms with Crippen LogP contribution >= 0.6 is 11.6 Å². The number of halogens is 1. The van der Waals surface area contributed by atoms with Gasteiger partial charge in [0.05, 0.1) is 4.92 Å². The molecule has 7 nitrogen and oxygen atoms in total. The molecule has 1 N–H and O–H groups in total. The molecule has 0 saturated carbocycles. The molecule has 0 bridgehead atoms. The van der Waals surface area contributed by atoms with Crippen molar-refractivity contribution in [1.29, 1.82) is 0 Å². The van der Waals surface area contributed by atoms with Gasteiger partial charge in [-0.2, -0.15) is 0 Å². The summed E-state index contributed by atoms with van der Waals surface area (Å²) in [7, 11) is 0. The number of benzene rings is 4. The summed E-state index contributed by atoms with van der Waals surface area (Å²) in [5, 5.41) is 16.0. The Balaban J connectivity index is 1.43. The second-order valence-electron chi connectivity index (χ2n) is 7.14. The zero-order chi connectivity index (χ0) is 22.2. The molecule has 5 aromatic rings. The van der Waals surface area contributed by atoms with E-state index in [4.69, 9.17) is 16.0 Å². The van der Waals surface area contributed by atoms with Gasteiger partial charge in [0.1, 0.15) is 10.5 Å². The number of amides is 1. The van der Waals surface area contributed by atoms with Crippen LogP contribution in [0.2, 0.25) is 5.02 Å². The fourth-order valence-electron chi connectivity index (χ4n) is 3.45. The monoisotopic (exact) mass is 443 g/mol. The fraction of sp³-hybridized carbons (Fsp3) is 0. The lowest BCUT2D eigenvalue weighted by atomic mass is 10.1. The Morgan fingerprint density at radius 1 is 0.969 bits per heavy atom. The number of hydrogen-bond donors (Lipinski definition) is 1. The molecular weight excluding hydrogens is 430 g/mol. The van der Waals surface area contributed by atoms with Crippen molar-refractivity contribution in [3.05, 3.63) is 99.6 Å². The molecule has 1 aromatic heterocycles. The number of carbonyl (C=O) groups excluding carboxylic acids is 1. The minimum absolute atomic E-state index is 0.0308. The van der Waals surface area contributed by atoms with Crippen LogP contribution in [0, 0.1) is 10.1 Å². The SMILES string of the molecule is O=C(Nc1ccc2oc(-c3ccc4ccccc4c3)nc2c1)c1ccc(Cl)c([N+](=O)[O-])c1. The van der Waals surface area contributed by atoms with Crippen molar-refractivity contribution in [1.82, 2.24) is 4.98 Å². The predicted octanol–water partition coefficient (Wildman–Crippen LogP) is 6.46. The summed E-state index contributed by atoms with van der Waals surface area (Å²) in [5.74, 6) is -0.0232. The number of nitrogens with one attached hydrogen (secondary N) is 1. The minimum atomic E-state index is -0.630. The number of hydrogen-bond acceptors (Lipinski definition) is 5. The highest BCUT2D eigenvalue weighted by atomic mass is 35.5. The maximum Gasteiger partial charge on any atom is 0.288 e. The number of nitro benzene ring substituents is 1. The topological polar surface area (TPSA) is 98.3 Å². The lowest BCUT2D eigenvalue weighted by Crippen LogP contribution is -2.12. The molecule has 0 atom stereocenters. The fourth-order valence-corrected chi connectivity index (χ4v) is 3.63. The van der Waals surface area contributed by atoms with E-state index in [-0.39, 0.29) is 16.3 Å². The highest BCUT2D eigenvalue weighted by Gasteiger charge is 2.17. The van der Waals surface area contributed by atoms with E-state index in [0.717, 1.165) is 22.4 Å². The molecule has 32 heavy (non-hydrogen) atoms. The maximum atomic E-state index is 12.6. The van der Waals surface area contributed by atoms with Crippen LogP contribution in [0.3, 0.4) is 0 Å². The summed E-state index contributed by atoms with van der Waals surface area (Å²) in [6.45, 7) is 0. The predicted molar refractivity (Wildman–Crippen MR) is 123 cm³/mol. The Morgan fingerprint density at radius 3 is 2.59 bits per heavy atom. The average molecular weight is 444 g/mol. The largest absolute Gasteiger partial charge is 0.436 e. The summed E-state index contributed by atoms with van der Waals surface area (Å²) in [5.41, 5.74) is 2.28. The third-order valence-electron chi connectivity index (χ3n) is 5.05. The molecule has 0 radical (unpaired) electrons. The van der Waals surface area contributed by atoms with Gasteiger partial charge in [0, 0.05) is 22.9 Å². The Kier molecular flexibility index (Phi) is 4.80. The van der Waals surface area contributed by atoms with Gasteiger partial charge in [-0.1, -0.05) is 41.9 Å². The smallest absolute Gasteiger partial charge is 0.288 e. The van der Waals surface area contributed by atoms with Crippen LogP contribution in [0.5, 0.6) is 0 Å². The number of nitrogens with zero attached hydrogens (tertiary/aromatic N) is 2. The Bertz CT molecular complexity index is 1530. The summed E-state index contributed by atoms with van der Waals surface area (Å²) in [6, 6.07) is 23.0. The lowest BCUT2D eigenvalue weighted by Gasteiger charge is -2.05. The number of nitro groups is 1. The molecule has 0 aliphatic rings. The first-order valence-electron chi connectivity index (χ1n) is 9.63. The highest BCUT2D eigenvalue weighted by molar-refractivity contribution is 6.32. The van der Waals surface area contributed by atoms with Gasteiger partial charge < -0.3 is 9.73 Å². The van der Waals surface area contributed by atoms with E-state index in [2.05, 4.69) is 10.3 Å². The third-order valence-corrected chi connectivity index (χ3v) is 5.37. The summed E-state index contributed by atoms with van der Waals surface area (Å²) < 4.78 is 5.89. The third kappa shape index (κ3) is 3.66. The van der Waals surface area contributed by atoms with Crippen molar-refractivity contribution in [2.24, 2.45) is 0 Å². The van der Waals surface area contributed by atoms with Gasteiger partial charge in [-0.25, -0.2) is 4.98 Å². The molecule has 4 aromatic carbocycles. The molecule has 0 unspecified atom stereocenters. The van der Waals surface area contributed by atoms with Crippen molar-refractivity contribution in [2.75, 3.05) is 5.32 Å². The van der Waals surface area contributed by atoms with E-state index >= 15 is 0 Å². The highest BCUT2D eigenvalue weighted by Crippen LogP contribution is 2.29. The standard InChI is InChI=1S/C24H14ClN3O4/c25-19-9-7-16(12-21(19)28(30)31)23(29)26-18-8-10-22-20(13-18)27-24(32-22)17-6-5-14-3-1-2-4-15(14)11-17/h1-13H,(H,26,29). The average Bonchev–Trinajstić information content (AvgIpc) is 3.22. The van der Waals surface area contributed by atoms with E-state index in [0.29, 0.717) is 22.7 Å². The van der Waals surface area contributed by atoms with Crippen molar-refractivity contribution >= 4 is 50.8 Å². The van der Waals surface area contributed by atoms with Gasteiger partial charge in [0.25, 0.3) is 11.6 Å². The van der Waals surface area contributed by atoms with Crippen molar-refractivity contribution in [2.45, 2.75) is 0 Å². The molecule has 8 heteroatoms. The Labute approximate surface area is 186 Å². The van der Waals surface area contributed by atoms with Crippen molar-refractivity contribution < 1.29 is 14.1 Å². The van der Waals surface area contributed by atoms with E-state index in [9.17, 15) is 14.9 Å². The van der Waals surface area contributed by atoms with E-state index in [1.54, 1.807) is 18.2 Å². The minimum Gasteiger partial charge on any atom is -0.436 e. The molecule has 1 amide bonds. The van der Waals surface area contributed by atoms with Gasteiger partial charge in [0.2, 0.25) is 5.89 Å². The molecular formula is C24H14ClN3O4. The number of fused-ring (bicyclic) bond motifs is 2. The summed E-state index contributed by atoms with van der Waals surface area (Å²) >= 11 is 5.81. The van der Waals surface area contributed by atoms with Gasteiger partial charge in [-0.3, -0.25) is 14.9 Å². The summed E-state index contributed by atoms with van der Waals surface area (Å²) in [6.07, 6.45) is 0. The first kappa shape index (κ1) is 19.7. The second kappa shape index (κ2) is 7.79. The number of aromatic nitrogens is 1. The normalized spacial score (nSPS) is 11.0.